The summed E-state index contributed by atoms with van der Waals surface area (Å²) in [7, 11) is 1.40. The van der Waals surface area contributed by atoms with E-state index >= 15 is 0 Å². The molecule has 0 spiro atoms. The van der Waals surface area contributed by atoms with Crippen LogP contribution >= 0.6 is 0 Å². The third-order valence-corrected chi connectivity index (χ3v) is 2.06. The number of carbonyl (C=O) groups excluding carboxylic acids is 1. The van der Waals surface area contributed by atoms with Crippen molar-refractivity contribution in [1.82, 2.24) is 0 Å². The SMILES string of the molecule is CCOC(OC)C(=O)c1ccccc1C#N. The Morgan fingerprint density at radius 3 is 2.75 bits per heavy atom. The highest BCUT2D eigenvalue weighted by atomic mass is 16.7. The molecule has 16 heavy (non-hydrogen) atoms. The fraction of sp³-hybridized carbons (Fsp3) is 0.333. The van der Waals surface area contributed by atoms with Crippen molar-refractivity contribution in [3.05, 3.63) is 35.4 Å². The second kappa shape index (κ2) is 6.01. The van der Waals surface area contributed by atoms with Crippen LogP contribution in [0.2, 0.25) is 0 Å². The minimum Gasteiger partial charge on any atom is -0.349 e. The van der Waals surface area contributed by atoms with Gasteiger partial charge in [0.05, 0.1) is 11.6 Å². The number of rotatable bonds is 5. The monoisotopic (exact) mass is 219 g/mol. The zero-order valence-corrected chi connectivity index (χ0v) is 9.27. The topological polar surface area (TPSA) is 59.3 Å². The quantitative estimate of drug-likeness (QED) is 0.559. The number of hydrogen-bond donors (Lipinski definition) is 0. The minimum atomic E-state index is -0.945. The van der Waals surface area contributed by atoms with E-state index in [9.17, 15) is 4.79 Å². The zero-order chi connectivity index (χ0) is 12.0. The fourth-order valence-electron chi connectivity index (χ4n) is 1.32. The second-order valence-electron chi connectivity index (χ2n) is 3.04. The lowest BCUT2D eigenvalue weighted by Crippen LogP contribution is -2.27. The van der Waals surface area contributed by atoms with Gasteiger partial charge in [-0.05, 0) is 19.1 Å². The van der Waals surface area contributed by atoms with E-state index in [2.05, 4.69) is 0 Å². The molecule has 4 nitrogen and oxygen atoms in total. The Morgan fingerprint density at radius 2 is 2.19 bits per heavy atom. The Hall–Kier alpha value is -1.70. The number of carbonyl (C=O) groups is 1. The molecule has 1 aromatic carbocycles. The molecule has 0 radical (unpaired) electrons. The van der Waals surface area contributed by atoms with Gasteiger partial charge in [0.1, 0.15) is 0 Å². The van der Waals surface area contributed by atoms with Crippen LogP contribution in [0, 0.1) is 11.3 Å². The molecule has 0 bridgehead atoms. The Balaban J connectivity index is 2.99. The summed E-state index contributed by atoms with van der Waals surface area (Å²) in [5.41, 5.74) is 0.652. The maximum absolute atomic E-state index is 11.9. The Bertz CT molecular complexity index is 409. The van der Waals surface area contributed by atoms with Gasteiger partial charge in [-0.3, -0.25) is 4.79 Å². The van der Waals surface area contributed by atoms with Crippen molar-refractivity contribution in [3.8, 4) is 6.07 Å². The Labute approximate surface area is 94.4 Å². The normalized spacial score (nSPS) is 11.8. The third-order valence-electron chi connectivity index (χ3n) is 2.06. The van der Waals surface area contributed by atoms with Crippen molar-refractivity contribution in [2.24, 2.45) is 0 Å². The first-order chi connectivity index (χ1) is 7.74. The third kappa shape index (κ3) is 2.66. The van der Waals surface area contributed by atoms with E-state index in [0.29, 0.717) is 17.7 Å². The lowest BCUT2D eigenvalue weighted by atomic mass is 10.0. The highest BCUT2D eigenvalue weighted by molar-refractivity contribution is 6.00. The van der Waals surface area contributed by atoms with E-state index in [1.165, 1.54) is 7.11 Å². The number of hydrogen-bond acceptors (Lipinski definition) is 4. The van der Waals surface area contributed by atoms with Gasteiger partial charge >= 0.3 is 0 Å². The molecule has 0 aliphatic heterocycles. The van der Waals surface area contributed by atoms with E-state index in [0.717, 1.165) is 0 Å². The summed E-state index contributed by atoms with van der Waals surface area (Å²) < 4.78 is 10.1. The molecule has 0 heterocycles. The Morgan fingerprint density at radius 1 is 1.50 bits per heavy atom. The van der Waals surface area contributed by atoms with Crippen molar-refractivity contribution in [2.75, 3.05) is 13.7 Å². The molecule has 1 atom stereocenters. The van der Waals surface area contributed by atoms with Gasteiger partial charge in [-0.2, -0.15) is 5.26 Å². The zero-order valence-electron chi connectivity index (χ0n) is 9.27. The van der Waals surface area contributed by atoms with Crippen LogP contribution in [0.5, 0.6) is 0 Å². The van der Waals surface area contributed by atoms with Crippen molar-refractivity contribution in [3.63, 3.8) is 0 Å². The molecule has 84 valence electrons. The average Bonchev–Trinajstić information content (AvgIpc) is 2.35. The summed E-state index contributed by atoms with van der Waals surface area (Å²) in [5, 5.41) is 8.87. The Kier molecular flexibility index (Phi) is 4.65. The minimum absolute atomic E-state index is 0.324. The van der Waals surface area contributed by atoms with Crippen LogP contribution < -0.4 is 0 Å². The average molecular weight is 219 g/mol. The number of nitriles is 1. The summed E-state index contributed by atoms with van der Waals surface area (Å²) in [4.78, 5) is 11.9. The van der Waals surface area contributed by atoms with Gasteiger partial charge in [0, 0.05) is 19.3 Å². The molecule has 0 N–H and O–H groups in total. The maximum Gasteiger partial charge on any atom is 0.222 e. The molecule has 0 aliphatic rings. The van der Waals surface area contributed by atoms with Gasteiger partial charge < -0.3 is 9.47 Å². The van der Waals surface area contributed by atoms with E-state index < -0.39 is 6.29 Å². The molecule has 0 aliphatic carbocycles. The van der Waals surface area contributed by atoms with Gasteiger partial charge in [-0.15, -0.1) is 0 Å². The summed E-state index contributed by atoms with van der Waals surface area (Å²) in [5.74, 6) is -0.332. The molecular formula is C12H13NO3. The molecule has 1 unspecified atom stereocenters. The first-order valence-electron chi connectivity index (χ1n) is 4.92. The van der Waals surface area contributed by atoms with E-state index in [1.807, 2.05) is 6.07 Å². The number of methoxy groups -OCH3 is 1. The van der Waals surface area contributed by atoms with E-state index in [1.54, 1.807) is 31.2 Å². The molecule has 0 saturated heterocycles. The van der Waals surface area contributed by atoms with Crippen molar-refractivity contribution >= 4 is 5.78 Å². The molecule has 0 fully saturated rings. The molecular weight excluding hydrogens is 206 g/mol. The highest BCUT2D eigenvalue weighted by Gasteiger charge is 2.21. The number of Topliss-reactive ketones (excluding diaryl/α,β-unsaturated/α-hetero) is 1. The van der Waals surface area contributed by atoms with E-state index in [4.69, 9.17) is 14.7 Å². The number of nitrogens with zero attached hydrogens (tertiary/aromatic N) is 1. The van der Waals surface area contributed by atoms with Crippen molar-refractivity contribution < 1.29 is 14.3 Å². The van der Waals surface area contributed by atoms with Gasteiger partial charge in [0.15, 0.2) is 0 Å². The van der Waals surface area contributed by atoms with Crippen LogP contribution in [0.1, 0.15) is 22.8 Å². The van der Waals surface area contributed by atoms with Gasteiger partial charge in [-0.1, -0.05) is 12.1 Å². The first-order valence-corrected chi connectivity index (χ1v) is 4.92. The molecule has 1 rings (SSSR count). The summed E-state index contributed by atoms with van der Waals surface area (Å²) >= 11 is 0. The van der Waals surface area contributed by atoms with Crippen LogP contribution in [0.25, 0.3) is 0 Å². The largest absolute Gasteiger partial charge is 0.349 e. The summed E-state index contributed by atoms with van der Waals surface area (Å²) in [6.45, 7) is 2.15. The smallest absolute Gasteiger partial charge is 0.222 e. The van der Waals surface area contributed by atoms with E-state index in [-0.39, 0.29) is 5.78 Å². The summed E-state index contributed by atoms with van der Waals surface area (Å²) in [6, 6.07) is 8.55. The lowest BCUT2D eigenvalue weighted by Gasteiger charge is -2.14. The predicted molar refractivity (Wildman–Crippen MR) is 57.9 cm³/mol. The van der Waals surface area contributed by atoms with Gasteiger partial charge in [0.2, 0.25) is 12.1 Å². The number of benzene rings is 1. The lowest BCUT2D eigenvalue weighted by molar-refractivity contribution is -0.0913. The standard InChI is InChI=1S/C12H13NO3/c1-3-16-12(15-2)11(14)10-7-5-4-6-9(10)8-13/h4-7,12H,3H2,1-2H3. The molecule has 0 amide bonds. The van der Waals surface area contributed by atoms with Crippen LogP contribution in [0.4, 0.5) is 0 Å². The molecule has 0 saturated carbocycles. The van der Waals surface area contributed by atoms with Crippen LogP contribution in [-0.4, -0.2) is 25.8 Å². The van der Waals surface area contributed by atoms with Crippen molar-refractivity contribution in [2.45, 2.75) is 13.2 Å². The van der Waals surface area contributed by atoms with Crippen LogP contribution in [-0.2, 0) is 9.47 Å². The second-order valence-corrected chi connectivity index (χ2v) is 3.04. The predicted octanol–water partition coefficient (Wildman–Crippen LogP) is 1.75. The number of ketones is 1. The molecule has 0 aromatic heterocycles. The number of ether oxygens (including phenoxy) is 2. The molecule has 4 heteroatoms. The van der Waals surface area contributed by atoms with Crippen LogP contribution in [0.15, 0.2) is 24.3 Å². The molecule has 1 aromatic rings. The van der Waals surface area contributed by atoms with Crippen molar-refractivity contribution in [1.29, 1.82) is 5.26 Å². The summed E-state index contributed by atoms with van der Waals surface area (Å²) in [6.07, 6.45) is -0.945. The van der Waals surface area contributed by atoms with Gasteiger partial charge in [-0.25, -0.2) is 0 Å². The fourth-order valence-corrected chi connectivity index (χ4v) is 1.32. The van der Waals surface area contributed by atoms with Gasteiger partial charge in [0.25, 0.3) is 0 Å². The van der Waals surface area contributed by atoms with Crippen LogP contribution in [0.3, 0.4) is 0 Å². The first kappa shape index (κ1) is 12.4. The highest BCUT2D eigenvalue weighted by Crippen LogP contribution is 2.12. The maximum atomic E-state index is 11.9.